The average molecular weight is 311 g/mol. The first-order chi connectivity index (χ1) is 10.9. The number of alkyl carbamates (subject to hydrolysis) is 1. The van der Waals surface area contributed by atoms with Crippen LogP contribution >= 0.6 is 0 Å². The minimum atomic E-state index is -0.495. The van der Waals surface area contributed by atoms with Crippen LogP contribution in [0.25, 0.3) is 0 Å². The van der Waals surface area contributed by atoms with Crippen LogP contribution in [0, 0.1) is 0 Å². The Morgan fingerprint density at radius 2 is 1.57 bits per heavy atom. The van der Waals surface area contributed by atoms with Crippen LogP contribution < -0.4 is 5.32 Å². The Labute approximate surface area is 138 Å². The maximum atomic E-state index is 12.1. The number of hydrogen-bond donors (Lipinski definition) is 1. The number of hydrogen-bond acceptors (Lipinski definition) is 2. The molecule has 0 heterocycles. The van der Waals surface area contributed by atoms with E-state index < -0.39 is 5.60 Å². The van der Waals surface area contributed by atoms with Crippen LogP contribution in [0.4, 0.5) is 4.79 Å². The molecule has 1 unspecified atom stereocenters. The normalized spacial score (nSPS) is 12.5. The van der Waals surface area contributed by atoms with Gasteiger partial charge in [-0.25, -0.2) is 4.79 Å². The quantitative estimate of drug-likeness (QED) is 0.854. The van der Waals surface area contributed by atoms with Gasteiger partial charge in [-0.15, -0.1) is 0 Å². The maximum Gasteiger partial charge on any atom is 0.408 e. The Morgan fingerprint density at radius 1 is 1.00 bits per heavy atom. The van der Waals surface area contributed by atoms with Gasteiger partial charge in [-0.2, -0.15) is 0 Å². The van der Waals surface area contributed by atoms with Gasteiger partial charge in [0.2, 0.25) is 0 Å². The Kier molecular flexibility index (Phi) is 5.80. The number of rotatable bonds is 5. The molecule has 0 aromatic heterocycles. The molecule has 3 heteroatoms. The second kappa shape index (κ2) is 7.82. The van der Waals surface area contributed by atoms with Crippen molar-refractivity contribution in [3.05, 3.63) is 71.8 Å². The summed E-state index contributed by atoms with van der Waals surface area (Å²) >= 11 is 0. The summed E-state index contributed by atoms with van der Waals surface area (Å²) in [5.74, 6) is 0. The fraction of sp³-hybridized carbons (Fsp3) is 0.350. The van der Waals surface area contributed by atoms with Crippen molar-refractivity contribution in [2.45, 2.75) is 45.3 Å². The van der Waals surface area contributed by atoms with E-state index in [4.69, 9.17) is 4.74 Å². The predicted molar refractivity (Wildman–Crippen MR) is 93.3 cm³/mol. The van der Waals surface area contributed by atoms with Gasteiger partial charge in [0.15, 0.2) is 0 Å². The first-order valence-electron chi connectivity index (χ1n) is 8.02. The molecule has 3 nitrogen and oxygen atoms in total. The predicted octanol–water partition coefficient (Wildman–Crippen LogP) is 4.89. The molecule has 0 radical (unpaired) electrons. The Morgan fingerprint density at radius 3 is 2.13 bits per heavy atom. The smallest absolute Gasteiger partial charge is 0.408 e. The summed E-state index contributed by atoms with van der Waals surface area (Å²) in [7, 11) is 0. The average Bonchev–Trinajstić information content (AvgIpc) is 2.51. The summed E-state index contributed by atoms with van der Waals surface area (Å²) in [5.41, 5.74) is 1.86. The number of ether oxygens (including phenoxy) is 1. The summed E-state index contributed by atoms with van der Waals surface area (Å²) in [4.78, 5) is 12.1. The number of carbonyl (C=O) groups excluding carboxylic acids is 1. The minimum absolute atomic E-state index is 0.0637. The third-order valence-corrected chi connectivity index (χ3v) is 3.46. The highest BCUT2D eigenvalue weighted by Gasteiger charge is 2.20. The number of aryl methyl sites for hydroxylation is 1. The highest BCUT2D eigenvalue weighted by atomic mass is 16.6. The molecule has 0 bridgehead atoms. The molecule has 0 saturated carbocycles. The molecule has 23 heavy (non-hydrogen) atoms. The topological polar surface area (TPSA) is 38.3 Å². The van der Waals surface area contributed by atoms with Crippen LogP contribution in [-0.4, -0.2) is 11.7 Å². The van der Waals surface area contributed by atoms with Crippen molar-refractivity contribution in [2.75, 3.05) is 0 Å². The molecule has 2 aromatic carbocycles. The van der Waals surface area contributed by atoms with E-state index in [-0.39, 0.29) is 12.1 Å². The third kappa shape index (κ3) is 6.15. The highest BCUT2D eigenvalue weighted by molar-refractivity contribution is 5.68. The van der Waals surface area contributed by atoms with Crippen LogP contribution in [0.5, 0.6) is 0 Å². The van der Waals surface area contributed by atoms with Crippen LogP contribution in [0.15, 0.2) is 60.7 Å². The molecular weight excluding hydrogens is 286 g/mol. The lowest BCUT2D eigenvalue weighted by Crippen LogP contribution is -2.35. The molecule has 2 rings (SSSR count). The summed E-state index contributed by atoms with van der Waals surface area (Å²) in [6, 6.07) is 20.3. The van der Waals surface area contributed by atoms with E-state index in [1.807, 2.05) is 69.3 Å². The SMILES string of the molecule is CC(C)(C)OC(=O)NC(CCc1ccccc1)c1ccccc1. The molecule has 1 amide bonds. The van der Waals surface area contributed by atoms with Gasteiger partial charge in [-0.1, -0.05) is 60.7 Å². The number of nitrogens with one attached hydrogen (secondary N) is 1. The lowest BCUT2D eigenvalue weighted by atomic mass is 9.99. The monoisotopic (exact) mass is 311 g/mol. The molecular formula is C20H25NO2. The van der Waals surface area contributed by atoms with Crippen molar-refractivity contribution in [2.24, 2.45) is 0 Å². The van der Waals surface area contributed by atoms with Crippen molar-refractivity contribution in [3.8, 4) is 0 Å². The van der Waals surface area contributed by atoms with E-state index in [1.54, 1.807) is 0 Å². The Balaban J connectivity index is 2.05. The molecule has 0 fully saturated rings. The molecule has 122 valence electrons. The fourth-order valence-electron chi connectivity index (χ4n) is 2.41. The van der Waals surface area contributed by atoms with E-state index in [0.717, 1.165) is 18.4 Å². The van der Waals surface area contributed by atoms with Crippen LogP contribution in [0.3, 0.4) is 0 Å². The van der Waals surface area contributed by atoms with Crippen LogP contribution in [0.1, 0.15) is 44.4 Å². The first-order valence-corrected chi connectivity index (χ1v) is 8.02. The van der Waals surface area contributed by atoms with Crippen molar-refractivity contribution in [1.29, 1.82) is 0 Å². The largest absolute Gasteiger partial charge is 0.444 e. The summed E-state index contributed by atoms with van der Waals surface area (Å²) in [6.07, 6.45) is 1.35. The zero-order valence-electron chi connectivity index (χ0n) is 14.1. The molecule has 1 N–H and O–H groups in total. The van der Waals surface area contributed by atoms with E-state index >= 15 is 0 Å². The van der Waals surface area contributed by atoms with Gasteiger partial charge in [0, 0.05) is 0 Å². The first kappa shape index (κ1) is 17.1. The molecule has 2 aromatic rings. The number of benzene rings is 2. The molecule has 0 aliphatic heterocycles. The third-order valence-electron chi connectivity index (χ3n) is 3.46. The standard InChI is InChI=1S/C20H25NO2/c1-20(2,3)23-19(22)21-18(17-12-8-5-9-13-17)15-14-16-10-6-4-7-11-16/h4-13,18H,14-15H2,1-3H3,(H,21,22). The van der Waals surface area contributed by atoms with E-state index in [0.29, 0.717) is 0 Å². The zero-order valence-corrected chi connectivity index (χ0v) is 14.1. The molecule has 0 aliphatic rings. The van der Waals surface area contributed by atoms with Gasteiger partial charge in [-0.05, 0) is 44.7 Å². The molecule has 1 atom stereocenters. The van der Waals surface area contributed by atoms with Crippen molar-refractivity contribution in [3.63, 3.8) is 0 Å². The van der Waals surface area contributed by atoms with Crippen molar-refractivity contribution < 1.29 is 9.53 Å². The summed E-state index contributed by atoms with van der Waals surface area (Å²) in [5, 5.41) is 3.00. The van der Waals surface area contributed by atoms with Crippen molar-refractivity contribution >= 4 is 6.09 Å². The summed E-state index contributed by atoms with van der Waals surface area (Å²) < 4.78 is 5.39. The molecule has 0 spiro atoms. The van der Waals surface area contributed by atoms with E-state index in [9.17, 15) is 4.79 Å². The second-order valence-electron chi connectivity index (χ2n) is 6.63. The fourth-order valence-corrected chi connectivity index (χ4v) is 2.41. The van der Waals surface area contributed by atoms with Gasteiger partial charge in [0.25, 0.3) is 0 Å². The van der Waals surface area contributed by atoms with Crippen LogP contribution in [0.2, 0.25) is 0 Å². The second-order valence-corrected chi connectivity index (χ2v) is 6.63. The van der Waals surface area contributed by atoms with Gasteiger partial charge in [0.05, 0.1) is 6.04 Å². The van der Waals surface area contributed by atoms with Crippen LogP contribution in [-0.2, 0) is 11.2 Å². The lowest BCUT2D eigenvalue weighted by Gasteiger charge is -2.24. The Bertz CT molecular complexity index is 603. The maximum absolute atomic E-state index is 12.1. The van der Waals surface area contributed by atoms with Gasteiger partial charge in [-0.3, -0.25) is 0 Å². The van der Waals surface area contributed by atoms with E-state index in [1.165, 1.54) is 5.56 Å². The zero-order chi connectivity index (χ0) is 16.7. The van der Waals surface area contributed by atoms with E-state index in [2.05, 4.69) is 17.4 Å². The van der Waals surface area contributed by atoms with Gasteiger partial charge < -0.3 is 10.1 Å². The molecule has 0 aliphatic carbocycles. The lowest BCUT2D eigenvalue weighted by molar-refractivity contribution is 0.0501. The number of amides is 1. The Hall–Kier alpha value is -2.29. The van der Waals surface area contributed by atoms with Gasteiger partial charge >= 0.3 is 6.09 Å². The summed E-state index contributed by atoms with van der Waals surface area (Å²) in [6.45, 7) is 5.61. The minimum Gasteiger partial charge on any atom is -0.444 e. The van der Waals surface area contributed by atoms with Gasteiger partial charge in [0.1, 0.15) is 5.60 Å². The highest BCUT2D eigenvalue weighted by Crippen LogP contribution is 2.20. The number of carbonyl (C=O) groups is 1. The van der Waals surface area contributed by atoms with Crippen molar-refractivity contribution in [1.82, 2.24) is 5.32 Å². The molecule has 0 saturated heterocycles.